The van der Waals surface area contributed by atoms with Crippen molar-refractivity contribution in [2.75, 3.05) is 26.9 Å². The van der Waals surface area contributed by atoms with E-state index in [4.69, 9.17) is 9.47 Å². The van der Waals surface area contributed by atoms with Crippen LogP contribution in [0.1, 0.15) is 18.9 Å². The van der Waals surface area contributed by atoms with Crippen molar-refractivity contribution >= 4 is 0 Å². The number of phenolic OH excluding ortho intramolecular Hbond substituents is 1. The summed E-state index contributed by atoms with van der Waals surface area (Å²) in [6.45, 7) is 3.93. The van der Waals surface area contributed by atoms with Gasteiger partial charge in [0.25, 0.3) is 0 Å². The maximum Gasteiger partial charge on any atom is 0.162 e. The molecule has 1 rings (SSSR count). The minimum Gasteiger partial charge on any atom is -0.504 e. The maximum absolute atomic E-state index is 9.98. The molecule has 0 amide bonds. The van der Waals surface area contributed by atoms with Crippen molar-refractivity contribution in [2.45, 2.75) is 26.0 Å². The van der Waals surface area contributed by atoms with Crippen molar-refractivity contribution in [3.8, 4) is 11.5 Å². The average molecular weight is 269 g/mol. The van der Waals surface area contributed by atoms with Crippen LogP contribution in [-0.2, 0) is 11.3 Å². The first kappa shape index (κ1) is 15.8. The molecule has 5 nitrogen and oxygen atoms in total. The first-order valence-corrected chi connectivity index (χ1v) is 6.50. The molecule has 0 radical (unpaired) electrons. The highest BCUT2D eigenvalue weighted by Gasteiger charge is 2.08. The Kier molecular flexibility index (Phi) is 7.25. The fourth-order valence-electron chi connectivity index (χ4n) is 1.75. The van der Waals surface area contributed by atoms with Crippen molar-refractivity contribution in [3.63, 3.8) is 0 Å². The molecule has 0 spiro atoms. The zero-order chi connectivity index (χ0) is 14.1. The number of hydrogen-bond acceptors (Lipinski definition) is 5. The molecule has 0 saturated heterocycles. The second-order valence-corrected chi connectivity index (χ2v) is 4.27. The summed E-state index contributed by atoms with van der Waals surface area (Å²) in [5.74, 6) is 0.676. The Morgan fingerprint density at radius 2 is 2.16 bits per heavy atom. The Hall–Kier alpha value is -1.30. The Labute approximate surface area is 114 Å². The van der Waals surface area contributed by atoms with Crippen LogP contribution in [0, 0.1) is 0 Å². The van der Waals surface area contributed by atoms with Crippen LogP contribution in [0.2, 0.25) is 0 Å². The fourth-order valence-corrected chi connectivity index (χ4v) is 1.75. The maximum atomic E-state index is 9.98. The number of aliphatic hydroxyl groups is 1. The van der Waals surface area contributed by atoms with Gasteiger partial charge < -0.3 is 25.0 Å². The van der Waals surface area contributed by atoms with Crippen LogP contribution in [0.25, 0.3) is 0 Å². The number of methoxy groups -OCH3 is 1. The van der Waals surface area contributed by atoms with Crippen LogP contribution in [0.3, 0.4) is 0 Å². The van der Waals surface area contributed by atoms with E-state index in [0.29, 0.717) is 38.5 Å². The zero-order valence-electron chi connectivity index (χ0n) is 11.6. The molecule has 3 N–H and O–H groups in total. The molecule has 1 atom stereocenters. The van der Waals surface area contributed by atoms with Crippen LogP contribution >= 0.6 is 0 Å². The van der Waals surface area contributed by atoms with Gasteiger partial charge in [-0.25, -0.2) is 0 Å². The third-order valence-electron chi connectivity index (χ3n) is 2.71. The standard InChI is InChI=1S/C14H23NO4/c1-3-19-13-6-4-5-11(14(13)17)9-15-8-7-12(16)10-18-2/h4-6,12,15-17H,3,7-10H2,1-2H3. The lowest BCUT2D eigenvalue weighted by Gasteiger charge is -2.12. The SMILES string of the molecule is CCOc1cccc(CNCCC(O)COC)c1O. The topological polar surface area (TPSA) is 71.0 Å². The molecular formula is C14H23NO4. The molecule has 0 heterocycles. The van der Waals surface area contributed by atoms with Crippen molar-refractivity contribution < 1.29 is 19.7 Å². The molecule has 0 aliphatic rings. The third-order valence-corrected chi connectivity index (χ3v) is 2.71. The van der Waals surface area contributed by atoms with Crippen molar-refractivity contribution in [1.29, 1.82) is 0 Å². The molecule has 0 aliphatic carbocycles. The van der Waals surface area contributed by atoms with E-state index < -0.39 is 6.10 Å². The Morgan fingerprint density at radius 1 is 1.37 bits per heavy atom. The zero-order valence-corrected chi connectivity index (χ0v) is 11.6. The molecule has 0 saturated carbocycles. The molecule has 1 aromatic rings. The number of hydrogen-bond donors (Lipinski definition) is 3. The van der Waals surface area contributed by atoms with Gasteiger partial charge in [0.2, 0.25) is 0 Å². The number of aliphatic hydroxyl groups excluding tert-OH is 1. The van der Waals surface area contributed by atoms with E-state index in [-0.39, 0.29) is 5.75 Å². The van der Waals surface area contributed by atoms with E-state index >= 15 is 0 Å². The van der Waals surface area contributed by atoms with E-state index in [9.17, 15) is 10.2 Å². The Morgan fingerprint density at radius 3 is 2.84 bits per heavy atom. The van der Waals surface area contributed by atoms with Gasteiger partial charge in [-0.05, 0) is 26.0 Å². The first-order valence-electron chi connectivity index (χ1n) is 6.50. The van der Waals surface area contributed by atoms with Gasteiger partial charge in [-0.2, -0.15) is 0 Å². The lowest BCUT2D eigenvalue weighted by molar-refractivity contribution is 0.0594. The summed E-state index contributed by atoms with van der Waals surface area (Å²) in [5.41, 5.74) is 0.784. The lowest BCUT2D eigenvalue weighted by atomic mass is 10.2. The summed E-state index contributed by atoms with van der Waals surface area (Å²) in [5, 5.41) is 22.6. The first-order chi connectivity index (χ1) is 9.19. The second-order valence-electron chi connectivity index (χ2n) is 4.27. The van der Waals surface area contributed by atoms with Gasteiger partial charge in [0, 0.05) is 19.2 Å². The minimum absolute atomic E-state index is 0.175. The van der Waals surface area contributed by atoms with Gasteiger partial charge in [0.05, 0.1) is 19.3 Å². The van der Waals surface area contributed by atoms with E-state index in [1.807, 2.05) is 19.1 Å². The van der Waals surface area contributed by atoms with E-state index in [1.54, 1.807) is 13.2 Å². The molecule has 19 heavy (non-hydrogen) atoms. The summed E-state index contributed by atoms with van der Waals surface area (Å²) < 4.78 is 10.2. The predicted octanol–water partition coefficient (Wildman–Crippen LogP) is 1.28. The van der Waals surface area contributed by atoms with Gasteiger partial charge >= 0.3 is 0 Å². The number of para-hydroxylation sites is 1. The van der Waals surface area contributed by atoms with Gasteiger partial charge in [-0.15, -0.1) is 0 Å². The normalized spacial score (nSPS) is 12.4. The van der Waals surface area contributed by atoms with Crippen LogP contribution in [0.5, 0.6) is 11.5 Å². The molecular weight excluding hydrogens is 246 g/mol. The monoisotopic (exact) mass is 269 g/mol. The van der Waals surface area contributed by atoms with E-state index in [0.717, 1.165) is 5.56 Å². The largest absolute Gasteiger partial charge is 0.504 e. The van der Waals surface area contributed by atoms with Gasteiger partial charge in [-0.1, -0.05) is 12.1 Å². The lowest BCUT2D eigenvalue weighted by Crippen LogP contribution is -2.23. The number of benzene rings is 1. The molecule has 0 bridgehead atoms. The van der Waals surface area contributed by atoms with Crippen molar-refractivity contribution in [1.82, 2.24) is 5.32 Å². The van der Waals surface area contributed by atoms with Gasteiger partial charge in [0.15, 0.2) is 11.5 Å². The predicted molar refractivity (Wildman–Crippen MR) is 73.5 cm³/mol. The Balaban J connectivity index is 2.39. The van der Waals surface area contributed by atoms with Crippen LogP contribution in [0.15, 0.2) is 18.2 Å². The van der Waals surface area contributed by atoms with Crippen molar-refractivity contribution in [2.24, 2.45) is 0 Å². The van der Waals surface area contributed by atoms with Crippen LogP contribution in [0.4, 0.5) is 0 Å². The summed E-state index contributed by atoms with van der Waals surface area (Å²) in [6, 6.07) is 5.43. The molecule has 5 heteroatoms. The highest BCUT2D eigenvalue weighted by molar-refractivity contribution is 5.45. The Bertz CT molecular complexity index is 370. The molecule has 0 fully saturated rings. The number of aromatic hydroxyl groups is 1. The average Bonchev–Trinajstić information content (AvgIpc) is 2.39. The molecule has 108 valence electrons. The fraction of sp³-hybridized carbons (Fsp3) is 0.571. The second kappa shape index (κ2) is 8.74. The van der Waals surface area contributed by atoms with Gasteiger partial charge in [0.1, 0.15) is 0 Å². The summed E-state index contributed by atoms with van der Waals surface area (Å²) >= 11 is 0. The molecule has 1 aromatic carbocycles. The van der Waals surface area contributed by atoms with Crippen molar-refractivity contribution in [3.05, 3.63) is 23.8 Å². The van der Waals surface area contributed by atoms with Gasteiger partial charge in [-0.3, -0.25) is 0 Å². The smallest absolute Gasteiger partial charge is 0.162 e. The third kappa shape index (κ3) is 5.46. The highest BCUT2D eigenvalue weighted by Crippen LogP contribution is 2.29. The minimum atomic E-state index is -0.458. The molecule has 0 aromatic heterocycles. The summed E-state index contributed by atoms with van der Waals surface area (Å²) in [7, 11) is 1.56. The quantitative estimate of drug-likeness (QED) is 0.589. The van der Waals surface area contributed by atoms with Crippen LogP contribution in [-0.4, -0.2) is 43.2 Å². The summed E-state index contributed by atoms with van der Waals surface area (Å²) in [6.07, 6.45) is 0.153. The van der Waals surface area contributed by atoms with E-state index in [2.05, 4.69) is 5.32 Å². The number of rotatable bonds is 9. The number of ether oxygens (including phenoxy) is 2. The molecule has 0 aliphatic heterocycles. The summed E-state index contributed by atoms with van der Waals surface area (Å²) in [4.78, 5) is 0. The molecule has 1 unspecified atom stereocenters. The number of phenols is 1. The highest BCUT2D eigenvalue weighted by atomic mass is 16.5. The van der Waals surface area contributed by atoms with E-state index in [1.165, 1.54) is 0 Å². The van der Waals surface area contributed by atoms with Crippen LogP contribution < -0.4 is 10.1 Å². The number of nitrogens with one attached hydrogen (secondary N) is 1.